The summed E-state index contributed by atoms with van der Waals surface area (Å²) < 4.78 is 1.88. The number of phenolic OH excluding ortho intramolecular Hbond substituents is 1. The van der Waals surface area contributed by atoms with Crippen LogP contribution in [-0.2, 0) is 0 Å². The average molecular weight is 328 g/mol. The quantitative estimate of drug-likeness (QED) is 0.677. The maximum atomic E-state index is 9.98. The van der Waals surface area contributed by atoms with E-state index in [9.17, 15) is 5.11 Å². The van der Waals surface area contributed by atoms with Crippen molar-refractivity contribution < 1.29 is 5.11 Å². The molecule has 1 aromatic heterocycles. The molecule has 2 heterocycles. The number of benzene rings is 1. The molecule has 3 rings (SSSR count). The Bertz CT molecular complexity index is 758. The molecular weight excluding hydrogens is 304 g/mol. The first-order valence-corrected chi connectivity index (χ1v) is 8.05. The van der Waals surface area contributed by atoms with Crippen LogP contribution in [0.25, 0.3) is 11.8 Å². The van der Waals surface area contributed by atoms with Crippen LogP contribution < -0.4 is 17.2 Å². The minimum absolute atomic E-state index is 0.128. The summed E-state index contributed by atoms with van der Waals surface area (Å²) >= 11 is 0. The highest BCUT2D eigenvalue weighted by Crippen LogP contribution is 2.31. The van der Waals surface area contributed by atoms with Gasteiger partial charge < -0.3 is 27.2 Å². The van der Waals surface area contributed by atoms with Crippen molar-refractivity contribution in [2.24, 2.45) is 5.73 Å². The number of para-hydroxylation sites is 1. The highest BCUT2D eigenvalue weighted by molar-refractivity contribution is 5.86. The van der Waals surface area contributed by atoms with E-state index in [4.69, 9.17) is 17.2 Å². The Morgan fingerprint density at radius 1 is 1.25 bits per heavy atom. The Balaban J connectivity index is 1.98. The van der Waals surface area contributed by atoms with E-state index in [-0.39, 0.29) is 11.8 Å². The minimum atomic E-state index is 0.128. The van der Waals surface area contributed by atoms with Crippen molar-refractivity contribution in [1.82, 2.24) is 14.7 Å². The van der Waals surface area contributed by atoms with Gasteiger partial charge in [0.1, 0.15) is 11.4 Å². The number of piperidine rings is 1. The summed E-state index contributed by atoms with van der Waals surface area (Å²) in [7, 11) is 2.11. The van der Waals surface area contributed by atoms with Gasteiger partial charge >= 0.3 is 0 Å². The van der Waals surface area contributed by atoms with Gasteiger partial charge in [0.05, 0.1) is 11.7 Å². The molecule has 0 saturated carbocycles. The normalized spacial score (nSPS) is 17.3. The number of aromatic nitrogens is 2. The summed E-state index contributed by atoms with van der Waals surface area (Å²) in [5.74, 6) is 0.438. The SMILES string of the molecule is CN1CCC(n2nc(N)c(N)c2/C=C(\N)c2ccccc2O)CC1. The number of phenols is 1. The van der Waals surface area contributed by atoms with Gasteiger partial charge in [-0.05, 0) is 51.2 Å². The zero-order valence-corrected chi connectivity index (χ0v) is 13.8. The molecule has 1 aromatic carbocycles. The first-order valence-electron chi connectivity index (χ1n) is 8.05. The molecule has 1 saturated heterocycles. The van der Waals surface area contributed by atoms with Gasteiger partial charge in [-0.25, -0.2) is 0 Å². The van der Waals surface area contributed by atoms with Gasteiger partial charge in [-0.3, -0.25) is 4.68 Å². The fraction of sp³-hybridized carbons (Fsp3) is 0.353. The molecule has 7 N–H and O–H groups in total. The van der Waals surface area contributed by atoms with Crippen LogP contribution in [0.3, 0.4) is 0 Å². The van der Waals surface area contributed by atoms with Crippen molar-refractivity contribution in [1.29, 1.82) is 0 Å². The molecule has 0 radical (unpaired) electrons. The first-order chi connectivity index (χ1) is 11.5. The van der Waals surface area contributed by atoms with Crippen LogP contribution in [0.5, 0.6) is 5.75 Å². The van der Waals surface area contributed by atoms with Crippen molar-refractivity contribution in [3.05, 3.63) is 35.5 Å². The van der Waals surface area contributed by atoms with Gasteiger partial charge in [0.25, 0.3) is 0 Å². The van der Waals surface area contributed by atoms with Gasteiger partial charge in [0, 0.05) is 11.3 Å². The van der Waals surface area contributed by atoms with Gasteiger partial charge in [-0.15, -0.1) is 0 Å². The van der Waals surface area contributed by atoms with E-state index in [0.717, 1.165) is 25.9 Å². The third-order valence-corrected chi connectivity index (χ3v) is 4.56. The van der Waals surface area contributed by atoms with Gasteiger partial charge in [0.2, 0.25) is 0 Å². The van der Waals surface area contributed by atoms with E-state index in [1.165, 1.54) is 0 Å². The van der Waals surface area contributed by atoms with Crippen LogP contribution in [0.1, 0.15) is 30.1 Å². The van der Waals surface area contributed by atoms with E-state index in [1.807, 2.05) is 10.7 Å². The Kier molecular flexibility index (Phi) is 4.35. The molecule has 1 aliphatic rings. The van der Waals surface area contributed by atoms with Crippen molar-refractivity contribution in [3.8, 4) is 5.75 Å². The van der Waals surface area contributed by atoms with Crippen LogP contribution in [0.4, 0.5) is 11.5 Å². The Hall–Kier alpha value is -2.67. The second-order valence-electron chi connectivity index (χ2n) is 6.28. The number of nitrogens with zero attached hydrogens (tertiary/aromatic N) is 3. The van der Waals surface area contributed by atoms with Gasteiger partial charge in [-0.1, -0.05) is 12.1 Å². The molecule has 1 fully saturated rings. The fourth-order valence-electron chi connectivity index (χ4n) is 3.08. The zero-order chi connectivity index (χ0) is 17.3. The monoisotopic (exact) mass is 328 g/mol. The van der Waals surface area contributed by atoms with Crippen LogP contribution >= 0.6 is 0 Å². The van der Waals surface area contributed by atoms with Crippen molar-refractivity contribution in [2.45, 2.75) is 18.9 Å². The maximum absolute atomic E-state index is 9.98. The van der Waals surface area contributed by atoms with Crippen LogP contribution in [0, 0.1) is 0 Å². The summed E-state index contributed by atoms with van der Waals surface area (Å²) in [6.07, 6.45) is 3.70. The third kappa shape index (κ3) is 3.03. The zero-order valence-electron chi connectivity index (χ0n) is 13.8. The number of nitrogens with two attached hydrogens (primary N) is 3. The molecule has 2 aromatic rings. The third-order valence-electron chi connectivity index (χ3n) is 4.56. The number of anilines is 2. The minimum Gasteiger partial charge on any atom is -0.507 e. The highest BCUT2D eigenvalue weighted by atomic mass is 16.3. The molecule has 0 spiro atoms. The predicted molar refractivity (Wildman–Crippen MR) is 97.0 cm³/mol. The van der Waals surface area contributed by atoms with Crippen LogP contribution in [0.2, 0.25) is 0 Å². The maximum Gasteiger partial charge on any atom is 0.169 e. The molecule has 24 heavy (non-hydrogen) atoms. The largest absolute Gasteiger partial charge is 0.507 e. The number of nitrogen functional groups attached to an aromatic ring is 2. The standard InChI is InChI=1S/C17H24N6O/c1-22-8-6-11(7-9-22)23-14(16(19)17(20)21-23)10-13(18)12-4-2-3-5-15(12)24/h2-5,10-11,24H,6-9,18-19H2,1H3,(H2,20,21)/b13-10-. The Morgan fingerprint density at radius 2 is 1.92 bits per heavy atom. The fourth-order valence-corrected chi connectivity index (χ4v) is 3.08. The molecule has 7 nitrogen and oxygen atoms in total. The molecule has 0 amide bonds. The highest BCUT2D eigenvalue weighted by Gasteiger charge is 2.23. The lowest BCUT2D eigenvalue weighted by Gasteiger charge is -2.29. The molecule has 128 valence electrons. The Morgan fingerprint density at radius 3 is 2.58 bits per heavy atom. The number of likely N-dealkylation sites (tertiary alicyclic amines) is 1. The van der Waals surface area contributed by atoms with E-state index >= 15 is 0 Å². The number of hydrogen-bond donors (Lipinski definition) is 4. The number of hydrogen-bond acceptors (Lipinski definition) is 6. The van der Waals surface area contributed by atoms with E-state index < -0.39 is 0 Å². The van der Waals surface area contributed by atoms with Crippen LogP contribution in [-0.4, -0.2) is 39.9 Å². The average Bonchev–Trinajstić information content (AvgIpc) is 2.84. The van der Waals surface area contributed by atoms with Crippen molar-refractivity contribution in [3.63, 3.8) is 0 Å². The molecule has 1 aliphatic heterocycles. The second kappa shape index (κ2) is 6.45. The Labute approximate surface area is 141 Å². The van der Waals surface area contributed by atoms with Crippen molar-refractivity contribution in [2.75, 3.05) is 31.6 Å². The molecule has 7 heteroatoms. The topological polar surface area (TPSA) is 119 Å². The summed E-state index contributed by atoms with van der Waals surface area (Å²) in [4.78, 5) is 2.29. The number of aromatic hydroxyl groups is 1. The smallest absolute Gasteiger partial charge is 0.169 e. The van der Waals surface area contributed by atoms with Crippen LogP contribution in [0.15, 0.2) is 24.3 Å². The first kappa shape index (κ1) is 16.2. The lowest BCUT2D eigenvalue weighted by atomic mass is 10.0. The predicted octanol–water partition coefficient (Wildman–Crippen LogP) is 1.48. The molecule has 0 atom stereocenters. The van der Waals surface area contributed by atoms with E-state index in [0.29, 0.717) is 28.5 Å². The summed E-state index contributed by atoms with van der Waals surface area (Å²) in [5.41, 5.74) is 20.3. The van der Waals surface area contributed by atoms with Gasteiger partial charge in [0.15, 0.2) is 5.82 Å². The summed E-state index contributed by atoms with van der Waals surface area (Å²) in [6, 6.07) is 7.17. The molecule has 0 bridgehead atoms. The lowest BCUT2D eigenvalue weighted by molar-refractivity contribution is 0.212. The number of rotatable bonds is 3. The van der Waals surface area contributed by atoms with E-state index in [1.54, 1.807) is 24.3 Å². The van der Waals surface area contributed by atoms with Gasteiger partial charge in [-0.2, -0.15) is 5.10 Å². The second-order valence-corrected chi connectivity index (χ2v) is 6.28. The molecule has 0 aliphatic carbocycles. The molecular formula is C17H24N6O. The van der Waals surface area contributed by atoms with E-state index in [2.05, 4.69) is 17.0 Å². The lowest BCUT2D eigenvalue weighted by Crippen LogP contribution is -2.32. The molecule has 0 unspecified atom stereocenters. The summed E-state index contributed by atoms with van der Waals surface area (Å²) in [5, 5.41) is 14.4. The summed E-state index contributed by atoms with van der Waals surface area (Å²) in [6.45, 7) is 2.00. The van der Waals surface area contributed by atoms with Crippen molar-refractivity contribution >= 4 is 23.3 Å².